The van der Waals surface area contributed by atoms with Crippen LogP contribution in [0.4, 0.5) is 4.39 Å². The molecule has 0 bridgehead atoms. The number of halogens is 1. The van der Waals surface area contributed by atoms with Gasteiger partial charge >= 0.3 is 0 Å². The lowest BCUT2D eigenvalue weighted by Gasteiger charge is -2.18. The van der Waals surface area contributed by atoms with Crippen LogP contribution in [0.1, 0.15) is 25.0 Å². The van der Waals surface area contributed by atoms with Crippen LogP contribution in [0.5, 0.6) is 0 Å². The van der Waals surface area contributed by atoms with Crippen molar-refractivity contribution in [2.75, 3.05) is 0 Å². The molecule has 15 heavy (non-hydrogen) atoms. The predicted octanol–water partition coefficient (Wildman–Crippen LogP) is 2.71. The Morgan fingerprint density at radius 2 is 2.13 bits per heavy atom. The van der Waals surface area contributed by atoms with E-state index in [0.29, 0.717) is 11.1 Å². The van der Waals surface area contributed by atoms with Crippen molar-refractivity contribution in [2.45, 2.75) is 26.1 Å². The summed E-state index contributed by atoms with van der Waals surface area (Å²) in [6.07, 6.45) is 1.30. The first-order valence-electron chi connectivity index (χ1n) is 4.68. The molecule has 0 heterocycles. The van der Waals surface area contributed by atoms with Crippen molar-refractivity contribution >= 4 is 0 Å². The van der Waals surface area contributed by atoms with Gasteiger partial charge in [-0.2, -0.15) is 0 Å². The zero-order chi connectivity index (χ0) is 11.5. The Bertz CT molecular complexity index is 353. The maximum Gasteiger partial charge on any atom is 0.123 e. The predicted molar refractivity (Wildman–Crippen MR) is 56.6 cm³/mol. The van der Waals surface area contributed by atoms with Gasteiger partial charge in [-0.15, -0.1) is 0 Å². The Labute approximate surface area is 89.0 Å². The normalized spacial score (nSPS) is 11.2. The first kappa shape index (κ1) is 11.7. The fourth-order valence-electron chi connectivity index (χ4n) is 1.24. The van der Waals surface area contributed by atoms with Crippen LogP contribution in [0, 0.1) is 5.82 Å². The van der Waals surface area contributed by atoms with E-state index in [1.54, 1.807) is 19.9 Å². The monoisotopic (exact) mass is 210 g/mol. The summed E-state index contributed by atoms with van der Waals surface area (Å²) >= 11 is 0. The average Bonchev–Trinajstić information content (AvgIpc) is 2.12. The van der Waals surface area contributed by atoms with Crippen LogP contribution in [-0.2, 0) is 16.9 Å². The summed E-state index contributed by atoms with van der Waals surface area (Å²) < 4.78 is 18.2. The van der Waals surface area contributed by atoms with Gasteiger partial charge in [-0.25, -0.2) is 4.39 Å². The Morgan fingerprint density at radius 3 is 2.67 bits per heavy atom. The zero-order valence-electron chi connectivity index (χ0n) is 8.96. The van der Waals surface area contributed by atoms with Crippen LogP contribution >= 0.6 is 0 Å². The highest BCUT2D eigenvalue weighted by Crippen LogP contribution is 2.22. The van der Waals surface area contributed by atoms with Gasteiger partial charge in [0.25, 0.3) is 0 Å². The molecule has 3 heteroatoms. The van der Waals surface area contributed by atoms with Gasteiger partial charge in [-0.3, -0.25) is 0 Å². The van der Waals surface area contributed by atoms with Crippen molar-refractivity contribution in [1.29, 1.82) is 0 Å². The summed E-state index contributed by atoms with van der Waals surface area (Å²) in [4.78, 5) is 0. The lowest BCUT2D eigenvalue weighted by atomic mass is 9.96. The maximum absolute atomic E-state index is 13.2. The molecular formula is C12H15FO2. The third kappa shape index (κ3) is 3.36. The van der Waals surface area contributed by atoms with E-state index in [2.05, 4.69) is 6.58 Å². The summed E-state index contributed by atoms with van der Waals surface area (Å²) in [7, 11) is 0. The molecule has 82 valence electrons. The van der Waals surface area contributed by atoms with Crippen molar-refractivity contribution < 1.29 is 14.2 Å². The number of aliphatic hydroxyl groups is 1. The SMILES string of the molecule is C=COCc1cc(F)cc(C(C)(C)O)c1. The maximum atomic E-state index is 13.2. The number of benzene rings is 1. The fraction of sp³-hybridized carbons (Fsp3) is 0.333. The molecule has 0 aliphatic carbocycles. The minimum Gasteiger partial charge on any atom is -0.497 e. The average molecular weight is 210 g/mol. The summed E-state index contributed by atoms with van der Waals surface area (Å²) in [6.45, 7) is 6.88. The molecule has 0 saturated carbocycles. The molecule has 0 amide bonds. The third-order valence-electron chi connectivity index (χ3n) is 2.03. The molecule has 0 aliphatic heterocycles. The van der Waals surface area contributed by atoms with Crippen LogP contribution in [0.3, 0.4) is 0 Å². The molecule has 0 fully saturated rings. The summed E-state index contributed by atoms with van der Waals surface area (Å²) in [5, 5.41) is 9.74. The van der Waals surface area contributed by atoms with Crippen LogP contribution in [0.2, 0.25) is 0 Å². The minimum atomic E-state index is -1.05. The summed E-state index contributed by atoms with van der Waals surface area (Å²) in [5.41, 5.74) is 0.155. The van der Waals surface area contributed by atoms with E-state index in [9.17, 15) is 9.50 Å². The summed E-state index contributed by atoms with van der Waals surface area (Å²) in [5.74, 6) is -0.378. The molecule has 0 aliphatic rings. The standard InChI is InChI=1S/C12H15FO2/c1-4-15-8-9-5-10(12(2,3)14)7-11(13)6-9/h4-7,14H,1,8H2,2-3H3. The molecular weight excluding hydrogens is 195 g/mol. The number of rotatable bonds is 4. The van der Waals surface area contributed by atoms with Crippen molar-refractivity contribution in [3.8, 4) is 0 Å². The molecule has 1 aromatic carbocycles. The van der Waals surface area contributed by atoms with Gasteiger partial charge in [-0.1, -0.05) is 6.58 Å². The molecule has 0 unspecified atom stereocenters. The van der Waals surface area contributed by atoms with Gasteiger partial charge in [0.15, 0.2) is 0 Å². The van der Waals surface area contributed by atoms with Gasteiger partial charge in [-0.05, 0) is 43.2 Å². The first-order chi connectivity index (χ1) is 6.93. The molecule has 0 spiro atoms. The van der Waals surface area contributed by atoms with E-state index < -0.39 is 5.60 Å². The molecule has 1 aromatic rings. The Hall–Kier alpha value is -1.35. The second-order valence-electron chi connectivity index (χ2n) is 3.88. The van der Waals surface area contributed by atoms with E-state index >= 15 is 0 Å². The lowest BCUT2D eigenvalue weighted by molar-refractivity contribution is 0.0780. The second kappa shape index (κ2) is 4.45. The number of hydrogen-bond donors (Lipinski definition) is 1. The topological polar surface area (TPSA) is 29.5 Å². The van der Waals surface area contributed by atoms with Crippen molar-refractivity contribution in [1.82, 2.24) is 0 Å². The van der Waals surface area contributed by atoms with Crippen molar-refractivity contribution in [2.24, 2.45) is 0 Å². The number of hydrogen-bond acceptors (Lipinski definition) is 2. The van der Waals surface area contributed by atoms with Crippen molar-refractivity contribution in [3.63, 3.8) is 0 Å². The van der Waals surface area contributed by atoms with E-state index in [1.807, 2.05) is 0 Å². The quantitative estimate of drug-likeness (QED) is 0.774. The van der Waals surface area contributed by atoms with Crippen molar-refractivity contribution in [3.05, 3.63) is 48.0 Å². The van der Waals surface area contributed by atoms with Crippen LogP contribution in [0.25, 0.3) is 0 Å². The third-order valence-corrected chi connectivity index (χ3v) is 2.03. The Kier molecular flexibility index (Phi) is 3.48. The zero-order valence-corrected chi connectivity index (χ0v) is 8.96. The van der Waals surface area contributed by atoms with Gasteiger partial charge in [0.2, 0.25) is 0 Å². The smallest absolute Gasteiger partial charge is 0.123 e. The number of ether oxygens (including phenoxy) is 1. The minimum absolute atomic E-state index is 0.254. The molecule has 1 rings (SSSR count). The van der Waals surface area contributed by atoms with Crippen LogP contribution in [-0.4, -0.2) is 5.11 Å². The van der Waals surface area contributed by atoms with Gasteiger partial charge in [0.1, 0.15) is 12.4 Å². The largest absolute Gasteiger partial charge is 0.497 e. The Balaban J connectivity index is 3.00. The molecule has 0 atom stereocenters. The lowest BCUT2D eigenvalue weighted by Crippen LogP contribution is -2.16. The van der Waals surface area contributed by atoms with Gasteiger partial charge < -0.3 is 9.84 Å². The second-order valence-corrected chi connectivity index (χ2v) is 3.88. The van der Waals surface area contributed by atoms with E-state index in [4.69, 9.17) is 4.74 Å². The molecule has 1 N–H and O–H groups in total. The first-order valence-corrected chi connectivity index (χ1v) is 4.68. The fourth-order valence-corrected chi connectivity index (χ4v) is 1.24. The van der Waals surface area contributed by atoms with Crippen LogP contribution < -0.4 is 0 Å². The van der Waals surface area contributed by atoms with E-state index in [-0.39, 0.29) is 12.4 Å². The Morgan fingerprint density at radius 1 is 1.47 bits per heavy atom. The van der Waals surface area contributed by atoms with Crippen LogP contribution in [0.15, 0.2) is 31.0 Å². The van der Waals surface area contributed by atoms with Gasteiger partial charge in [0, 0.05) is 0 Å². The highest BCUT2D eigenvalue weighted by atomic mass is 19.1. The molecule has 2 nitrogen and oxygen atoms in total. The van der Waals surface area contributed by atoms with E-state index in [0.717, 1.165) is 0 Å². The highest BCUT2D eigenvalue weighted by molar-refractivity contribution is 5.28. The molecule has 0 aromatic heterocycles. The van der Waals surface area contributed by atoms with E-state index in [1.165, 1.54) is 18.4 Å². The molecule has 0 saturated heterocycles. The summed E-state index contributed by atoms with van der Waals surface area (Å²) in [6, 6.07) is 4.41. The van der Waals surface area contributed by atoms with Gasteiger partial charge in [0.05, 0.1) is 11.9 Å². The highest BCUT2D eigenvalue weighted by Gasteiger charge is 2.17. The molecule has 0 radical (unpaired) electrons.